The maximum Gasteiger partial charge on any atom is 0.0255 e. The van der Waals surface area contributed by atoms with Crippen LogP contribution < -0.4 is 0 Å². The molecule has 0 amide bonds. The third kappa shape index (κ3) is 1.67. The molecular formula is C8H13N. The Morgan fingerprint density at radius 1 is 1.67 bits per heavy atom. The van der Waals surface area contributed by atoms with E-state index in [-0.39, 0.29) is 0 Å². The van der Waals surface area contributed by atoms with Crippen molar-refractivity contribution in [2.45, 2.75) is 26.7 Å². The van der Waals surface area contributed by atoms with Crippen LogP contribution in [0, 0.1) is 5.92 Å². The first-order valence-electron chi connectivity index (χ1n) is 3.49. The number of rotatable bonds is 0. The minimum Gasteiger partial charge on any atom is -0.269 e. The predicted molar refractivity (Wildman–Crippen MR) is 40.6 cm³/mol. The van der Waals surface area contributed by atoms with Gasteiger partial charge in [-0.3, -0.25) is 4.99 Å². The van der Waals surface area contributed by atoms with E-state index in [1.165, 1.54) is 12.0 Å². The number of nitrogens with zero attached hydrogens (tertiary/aromatic N) is 1. The second-order valence-electron chi connectivity index (χ2n) is 2.68. The summed E-state index contributed by atoms with van der Waals surface area (Å²) in [6, 6.07) is 0. The molecule has 50 valence electrons. The molecule has 0 saturated carbocycles. The summed E-state index contributed by atoms with van der Waals surface area (Å²) in [6.45, 7) is 4.40. The molecule has 9 heavy (non-hydrogen) atoms. The van der Waals surface area contributed by atoms with E-state index in [9.17, 15) is 0 Å². The van der Waals surface area contributed by atoms with E-state index < -0.39 is 0 Å². The normalized spacial score (nSPS) is 27.3. The quantitative estimate of drug-likeness (QED) is 0.469. The summed E-state index contributed by atoms with van der Waals surface area (Å²) in [5, 5.41) is 0. The first kappa shape index (κ1) is 6.53. The van der Waals surface area contributed by atoms with Gasteiger partial charge in [0.15, 0.2) is 0 Å². The lowest BCUT2D eigenvalue weighted by molar-refractivity contribution is 0.638. The molecule has 1 nitrogen and oxygen atoms in total. The average Bonchev–Trinajstić information content (AvgIpc) is 1.99. The van der Waals surface area contributed by atoms with E-state index in [4.69, 9.17) is 0 Å². The summed E-state index contributed by atoms with van der Waals surface area (Å²) >= 11 is 0. The lowest BCUT2D eigenvalue weighted by Gasteiger charge is -2.05. The minimum atomic E-state index is 0.729. The first-order chi connectivity index (χ1) is 4.30. The molecule has 0 aromatic carbocycles. The first-order valence-corrected chi connectivity index (χ1v) is 3.49. The third-order valence-corrected chi connectivity index (χ3v) is 1.89. The second kappa shape index (κ2) is 2.81. The summed E-state index contributed by atoms with van der Waals surface area (Å²) in [4.78, 5) is 4.12. The molecular weight excluding hydrogens is 110 g/mol. The number of hydrogen-bond acceptors (Lipinski definition) is 1. The van der Waals surface area contributed by atoms with Gasteiger partial charge in [0.25, 0.3) is 0 Å². The van der Waals surface area contributed by atoms with Crippen LogP contribution in [0.2, 0.25) is 0 Å². The minimum absolute atomic E-state index is 0.729. The van der Waals surface area contributed by atoms with Crippen molar-refractivity contribution in [3.05, 3.63) is 11.8 Å². The monoisotopic (exact) mass is 123 g/mol. The van der Waals surface area contributed by atoms with Crippen molar-refractivity contribution in [2.75, 3.05) is 0 Å². The van der Waals surface area contributed by atoms with E-state index in [2.05, 4.69) is 18.8 Å². The molecule has 0 fully saturated rings. The van der Waals surface area contributed by atoms with Crippen molar-refractivity contribution < 1.29 is 0 Å². The van der Waals surface area contributed by atoms with Gasteiger partial charge in [-0.15, -0.1) is 0 Å². The van der Waals surface area contributed by atoms with Crippen molar-refractivity contribution in [3.8, 4) is 0 Å². The Kier molecular flexibility index (Phi) is 2.04. The van der Waals surface area contributed by atoms with Crippen LogP contribution in [0.1, 0.15) is 26.7 Å². The molecule has 1 aliphatic heterocycles. The SMILES string of the molecule is CC1=CN=CCCC1C. The molecule has 0 N–H and O–H groups in total. The van der Waals surface area contributed by atoms with Gasteiger partial charge in [0, 0.05) is 12.4 Å². The van der Waals surface area contributed by atoms with Crippen molar-refractivity contribution in [1.29, 1.82) is 0 Å². The number of allylic oxidation sites excluding steroid dienone is 1. The van der Waals surface area contributed by atoms with Crippen molar-refractivity contribution in [2.24, 2.45) is 10.9 Å². The summed E-state index contributed by atoms with van der Waals surface area (Å²) in [5.41, 5.74) is 1.41. The number of hydrogen-bond donors (Lipinski definition) is 0. The third-order valence-electron chi connectivity index (χ3n) is 1.89. The van der Waals surface area contributed by atoms with E-state index in [1.807, 2.05) is 12.4 Å². The molecule has 0 saturated heterocycles. The highest BCUT2D eigenvalue weighted by Gasteiger charge is 2.03. The maximum atomic E-state index is 4.12. The lowest BCUT2D eigenvalue weighted by Crippen LogP contribution is -1.93. The van der Waals surface area contributed by atoms with Crippen LogP contribution in [0.5, 0.6) is 0 Å². The molecule has 0 spiro atoms. The van der Waals surface area contributed by atoms with Crippen LogP contribution in [-0.2, 0) is 0 Å². The Labute approximate surface area is 56.5 Å². The summed E-state index contributed by atoms with van der Waals surface area (Å²) < 4.78 is 0. The van der Waals surface area contributed by atoms with Crippen LogP contribution in [0.4, 0.5) is 0 Å². The zero-order valence-electron chi connectivity index (χ0n) is 6.09. The van der Waals surface area contributed by atoms with Crippen LogP contribution in [0.3, 0.4) is 0 Å². The molecule has 0 bridgehead atoms. The molecule has 1 atom stereocenters. The van der Waals surface area contributed by atoms with Crippen molar-refractivity contribution in [1.82, 2.24) is 0 Å². The predicted octanol–water partition coefficient (Wildman–Crippen LogP) is 2.39. The smallest absolute Gasteiger partial charge is 0.0255 e. The molecule has 1 aliphatic rings. The summed E-state index contributed by atoms with van der Waals surface area (Å²) in [5.74, 6) is 0.729. The van der Waals surface area contributed by atoms with Crippen LogP contribution in [-0.4, -0.2) is 6.21 Å². The fourth-order valence-corrected chi connectivity index (χ4v) is 0.924. The van der Waals surface area contributed by atoms with Crippen molar-refractivity contribution >= 4 is 6.21 Å². The van der Waals surface area contributed by atoms with E-state index in [1.54, 1.807) is 0 Å². The Bertz CT molecular complexity index is 145. The topological polar surface area (TPSA) is 12.4 Å². The van der Waals surface area contributed by atoms with E-state index in [0.717, 1.165) is 12.3 Å². The largest absolute Gasteiger partial charge is 0.269 e. The molecule has 0 aromatic rings. The molecule has 0 aromatic heterocycles. The van der Waals surface area contributed by atoms with Gasteiger partial charge in [-0.1, -0.05) is 12.5 Å². The van der Waals surface area contributed by atoms with Gasteiger partial charge in [-0.25, -0.2) is 0 Å². The Morgan fingerprint density at radius 3 is 3.22 bits per heavy atom. The number of aliphatic imine (C=N–C) groups is 1. The standard InChI is InChI=1S/C8H13N/c1-7-4-3-5-9-6-8(7)2/h5-7H,3-4H2,1-2H3. The zero-order valence-corrected chi connectivity index (χ0v) is 6.09. The molecule has 1 heterocycles. The van der Waals surface area contributed by atoms with Crippen LogP contribution >= 0.6 is 0 Å². The fraction of sp³-hybridized carbons (Fsp3) is 0.625. The molecule has 1 unspecified atom stereocenters. The highest BCUT2D eigenvalue weighted by Crippen LogP contribution is 2.16. The van der Waals surface area contributed by atoms with Crippen LogP contribution in [0.15, 0.2) is 16.8 Å². The van der Waals surface area contributed by atoms with E-state index in [0.29, 0.717) is 0 Å². The van der Waals surface area contributed by atoms with Crippen LogP contribution in [0.25, 0.3) is 0 Å². The zero-order chi connectivity index (χ0) is 6.69. The summed E-state index contributed by atoms with van der Waals surface area (Å²) in [7, 11) is 0. The Morgan fingerprint density at radius 2 is 2.44 bits per heavy atom. The van der Waals surface area contributed by atoms with Gasteiger partial charge < -0.3 is 0 Å². The highest BCUT2D eigenvalue weighted by atomic mass is 14.7. The van der Waals surface area contributed by atoms with Gasteiger partial charge >= 0.3 is 0 Å². The maximum absolute atomic E-state index is 4.12. The lowest BCUT2D eigenvalue weighted by atomic mass is 9.99. The van der Waals surface area contributed by atoms with Gasteiger partial charge in [-0.2, -0.15) is 0 Å². The molecule has 1 rings (SSSR count). The fourth-order valence-electron chi connectivity index (χ4n) is 0.924. The van der Waals surface area contributed by atoms with Gasteiger partial charge in [0.1, 0.15) is 0 Å². The Balaban J connectivity index is 2.63. The summed E-state index contributed by atoms with van der Waals surface area (Å²) in [6.07, 6.45) is 6.35. The Hall–Kier alpha value is -0.590. The van der Waals surface area contributed by atoms with Gasteiger partial charge in [0.05, 0.1) is 0 Å². The van der Waals surface area contributed by atoms with Gasteiger partial charge in [0.2, 0.25) is 0 Å². The van der Waals surface area contributed by atoms with Crippen molar-refractivity contribution in [3.63, 3.8) is 0 Å². The highest BCUT2D eigenvalue weighted by molar-refractivity contribution is 5.58. The van der Waals surface area contributed by atoms with Gasteiger partial charge in [-0.05, 0) is 25.7 Å². The second-order valence-corrected chi connectivity index (χ2v) is 2.68. The molecule has 0 radical (unpaired) electrons. The molecule has 0 aliphatic carbocycles. The van der Waals surface area contributed by atoms with E-state index >= 15 is 0 Å². The molecule has 1 heteroatoms. The average molecular weight is 123 g/mol.